The van der Waals surface area contributed by atoms with Crippen molar-refractivity contribution in [2.75, 3.05) is 13.1 Å². The molecule has 102 valence electrons. The van der Waals surface area contributed by atoms with E-state index in [0.717, 1.165) is 31.2 Å². The van der Waals surface area contributed by atoms with Crippen LogP contribution in [0.15, 0.2) is 4.99 Å². The minimum Gasteiger partial charge on any atom is -0.357 e. The molecule has 0 saturated carbocycles. The van der Waals surface area contributed by atoms with E-state index in [1.54, 1.807) is 0 Å². The van der Waals surface area contributed by atoms with Gasteiger partial charge in [0.2, 0.25) is 0 Å². The van der Waals surface area contributed by atoms with Gasteiger partial charge in [0.1, 0.15) is 12.4 Å². The summed E-state index contributed by atoms with van der Waals surface area (Å²) in [4.78, 5) is 4.48. The monoisotopic (exact) mass is 260 g/mol. The van der Waals surface area contributed by atoms with Crippen molar-refractivity contribution in [2.24, 2.45) is 4.99 Å². The van der Waals surface area contributed by atoms with Crippen molar-refractivity contribution in [1.82, 2.24) is 25.4 Å². The minimum absolute atomic E-state index is 0.462. The Balaban J connectivity index is 2.02. The zero-order valence-corrected chi connectivity index (χ0v) is 11.3. The summed E-state index contributed by atoms with van der Waals surface area (Å²) < 4.78 is 2.18. The number of aromatic nitrogens is 3. The van der Waals surface area contributed by atoms with Crippen LogP contribution >= 0.6 is 0 Å². The molecular weight excluding hydrogens is 240 g/mol. The molecule has 2 heterocycles. The van der Waals surface area contributed by atoms with Crippen molar-refractivity contribution in [3.05, 3.63) is 11.6 Å². The highest BCUT2D eigenvalue weighted by Crippen LogP contribution is 2.14. The molecule has 2 N–H and O–H groups in total. The molecule has 1 aromatic rings. The lowest BCUT2D eigenvalue weighted by Crippen LogP contribution is -2.37. The Labute approximate surface area is 113 Å². The van der Waals surface area contributed by atoms with Gasteiger partial charge in [-0.15, -0.1) is 16.6 Å². The number of aryl methyl sites for hydroxylation is 1. The number of nitrogens with zero attached hydrogens (tertiary/aromatic N) is 4. The van der Waals surface area contributed by atoms with E-state index in [9.17, 15) is 0 Å². The molecule has 0 aromatic carbocycles. The van der Waals surface area contributed by atoms with Crippen molar-refractivity contribution in [3.8, 4) is 12.3 Å². The predicted molar refractivity (Wildman–Crippen MR) is 74.6 cm³/mol. The highest BCUT2D eigenvalue weighted by Gasteiger charge is 2.15. The Morgan fingerprint density at radius 2 is 2.32 bits per heavy atom. The van der Waals surface area contributed by atoms with E-state index >= 15 is 0 Å². The number of guanidine groups is 1. The van der Waals surface area contributed by atoms with Crippen molar-refractivity contribution < 1.29 is 0 Å². The molecule has 0 aliphatic carbocycles. The highest BCUT2D eigenvalue weighted by molar-refractivity contribution is 5.79. The van der Waals surface area contributed by atoms with E-state index in [2.05, 4.69) is 36.3 Å². The number of aliphatic imine (C=N–C) groups is 1. The van der Waals surface area contributed by atoms with Crippen molar-refractivity contribution >= 4 is 5.96 Å². The van der Waals surface area contributed by atoms with Crippen LogP contribution in [0, 0.1) is 12.3 Å². The van der Waals surface area contributed by atoms with Gasteiger partial charge in [-0.05, 0) is 19.8 Å². The fraction of sp³-hybridized carbons (Fsp3) is 0.615. The smallest absolute Gasteiger partial charge is 0.192 e. The molecule has 6 nitrogen and oxygen atoms in total. The second kappa shape index (κ2) is 6.78. The predicted octanol–water partition coefficient (Wildman–Crippen LogP) is 0.303. The standard InChI is InChI=1S/C13H20N6/c1-3-8-15-13(14-4-2)16-10-12-18-17-11-7-5-6-9-19(11)12/h1H,4-10H2,2H3,(H2,14,15,16). The third kappa shape index (κ3) is 3.47. The van der Waals surface area contributed by atoms with Crippen LogP contribution in [0.2, 0.25) is 0 Å². The van der Waals surface area contributed by atoms with Gasteiger partial charge < -0.3 is 15.2 Å². The summed E-state index contributed by atoms with van der Waals surface area (Å²) in [6, 6.07) is 0. The maximum absolute atomic E-state index is 5.23. The molecule has 0 unspecified atom stereocenters. The fourth-order valence-corrected chi connectivity index (χ4v) is 2.11. The van der Waals surface area contributed by atoms with E-state index in [1.165, 1.54) is 12.8 Å². The van der Waals surface area contributed by atoms with Crippen LogP contribution in [-0.2, 0) is 19.5 Å². The van der Waals surface area contributed by atoms with E-state index in [-0.39, 0.29) is 0 Å². The first-order valence-electron chi connectivity index (χ1n) is 6.71. The van der Waals surface area contributed by atoms with Gasteiger partial charge in [-0.25, -0.2) is 4.99 Å². The van der Waals surface area contributed by atoms with Gasteiger partial charge in [-0.3, -0.25) is 0 Å². The number of hydrogen-bond acceptors (Lipinski definition) is 3. The van der Waals surface area contributed by atoms with Crippen molar-refractivity contribution in [2.45, 2.75) is 39.3 Å². The van der Waals surface area contributed by atoms with Crippen LogP contribution < -0.4 is 10.6 Å². The molecule has 1 aromatic heterocycles. The lowest BCUT2D eigenvalue weighted by molar-refractivity contribution is 0.508. The van der Waals surface area contributed by atoms with Gasteiger partial charge in [-0.2, -0.15) is 0 Å². The average Bonchev–Trinajstić information content (AvgIpc) is 2.85. The molecule has 19 heavy (non-hydrogen) atoms. The van der Waals surface area contributed by atoms with Gasteiger partial charge >= 0.3 is 0 Å². The van der Waals surface area contributed by atoms with Crippen LogP contribution in [0.5, 0.6) is 0 Å². The zero-order valence-electron chi connectivity index (χ0n) is 11.3. The van der Waals surface area contributed by atoms with E-state index in [4.69, 9.17) is 6.42 Å². The summed E-state index contributed by atoms with van der Waals surface area (Å²) in [5.74, 6) is 5.26. The largest absolute Gasteiger partial charge is 0.357 e. The summed E-state index contributed by atoms with van der Waals surface area (Å²) in [5, 5.41) is 14.6. The van der Waals surface area contributed by atoms with E-state index in [1.807, 2.05) is 6.92 Å². The van der Waals surface area contributed by atoms with Gasteiger partial charge in [0.25, 0.3) is 0 Å². The van der Waals surface area contributed by atoms with Gasteiger partial charge in [0, 0.05) is 19.5 Å². The van der Waals surface area contributed by atoms with Crippen LogP contribution in [-0.4, -0.2) is 33.8 Å². The number of terminal acetylenes is 1. The molecule has 0 amide bonds. The average molecular weight is 260 g/mol. The summed E-state index contributed by atoms with van der Waals surface area (Å²) in [7, 11) is 0. The first kappa shape index (κ1) is 13.4. The first-order valence-corrected chi connectivity index (χ1v) is 6.71. The molecule has 1 aliphatic heterocycles. The lowest BCUT2D eigenvalue weighted by atomic mass is 10.2. The van der Waals surface area contributed by atoms with Gasteiger partial charge in [-0.1, -0.05) is 5.92 Å². The molecule has 0 spiro atoms. The number of fused-ring (bicyclic) bond motifs is 1. The Kier molecular flexibility index (Phi) is 4.78. The topological polar surface area (TPSA) is 67.1 Å². The molecule has 0 atom stereocenters. The second-order valence-electron chi connectivity index (χ2n) is 4.39. The van der Waals surface area contributed by atoms with Crippen molar-refractivity contribution in [3.63, 3.8) is 0 Å². The van der Waals surface area contributed by atoms with E-state index in [0.29, 0.717) is 19.0 Å². The van der Waals surface area contributed by atoms with Crippen molar-refractivity contribution in [1.29, 1.82) is 0 Å². The first-order chi connectivity index (χ1) is 9.35. The molecule has 0 fully saturated rings. The number of rotatable bonds is 4. The zero-order chi connectivity index (χ0) is 13.5. The van der Waals surface area contributed by atoms with Gasteiger partial charge in [0.15, 0.2) is 11.8 Å². The maximum Gasteiger partial charge on any atom is 0.192 e. The van der Waals surface area contributed by atoms with E-state index < -0.39 is 0 Å². The Bertz CT molecular complexity index is 482. The Morgan fingerprint density at radius 3 is 3.11 bits per heavy atom. The molecule has 2 rings (SSSR count). The SMILES string of the molecule is C#CCNC(=NCc1nnc2n1CCCC2)NCC. The molecule has 0 bridgehead atoms. The van der Waals surface area contributed by atoms with Crippen LogP contribution in [0.1, 0.15) is 31.4 Å². The molecule has 0 saturated heterocycles. The lowest BCUT2D eigenvalue weighted by Gasteiger charge is -2.14. The minimum atomic E-state index is 0.462. The summed E-state index contributed by atoms with van der Waals surface area (Å²) in [6.07, 6.45) is 8.65. The fourth-order valence-electron chi connectivity index (χ4n) is 2.11. The van der Waals surface area contributed by atoms with Crippen LogP contribution in [0.25, 0.3) is 0 Å². The highest BCUT2D eigenvalue weighted by atomic mass is 15.3. The molecule has 6 heteroatoms. The summed E-state index contributed by atoms with van der Waals surface area (Å²) >= 11 is 0. The normalized spacial score (nSPS) is 14.6. The third-order valence-electron chi connectivity index (χ3n) is 3.02. The number of hydrogen-bond donors (Lipinski definition) is 2. The molecular formula is C13H20N6. The molecule has 0 radical (unpaired) electrons. The maximum atomic E-state index is 5.23. The summed E-state index contributed by atoms with van der Waals surface area (Å²) in [6.45, 7) is 4.80. The third-order valence-corrected chi connectivity index (χ3v) is 3.02. The quantitative estimate of drug-likeness (QED) is 0.464. The molecule has 1 aliphatic rings. The summed E-state index contributed by atoms with van der Waals surface area (Å²) in [5.41, 5.74) is 0. The number of nitrogens with one attached hydrogen (secondary N) is 2. The Hall–Kier alpha value is -2.03. The Morgan fingerprint density at radius 1 is 1.42 bits per heavy atom. The second-order valence-corrected chi connectivity index (χ2v) is 4.39. The van der Waals surface area contributed by atoms with Crippen LogP contribution in [0.4, 0.5) is 0 Å². The van der Waals surface area contributed by atoms with Crippen LogP contribution in [0.3, 0.4) is 0 Å². The van der Waals surface area contributed by atoms with Gasteiger partial charge in [0.05, 0.1) is 6.54 Å².